The summed E-state index contributed by atoms with van der Waals surface area (Å²) in [6.07, 6.45) is 5.56. The highest BCUT2D eigenvalue weighted by Crippen LogP contribution is 2.30. The number of hydrogen-bond donors (Lipinski definition) is 1. The summed E-state index contributed by atoms with van der Waals surface area (Å²) in [7, 11) is 0. The third-order valence-corrected chi connectivity index (χ3v) is 6.70. The van der Waals surface area contributed by atoms with E-state index in [1.807, 2.05) is 12.1 Å². The number of benzene rings is 2. The number of halogens is 3. The molecule has 208 valence electrons. The topological polar surface area (TPSA) is 85.7 Å². The molecule has 2 aromatic carbocycles. The van der Waals surface area contributed by atoms with Crippen LogP contribution >= 0.6 is 11.6 Å². The Hall–Kier alpha value is -3.30. The van der Waals surface area contributed by atoms with Gasteiger partial charge in [-0.15, -0.1) is 0 Å². The van der Waals surface area contributed by atoms with Crippen LogP contribution in [0.3, 0.4) is 0 Å². The Morgan fingerprint density at radius 3 is 2.38 bits per heavy atom. The molecule has 1 saturated carbocycles. The third kappa shape index (κ3) is 7.86. The second kappa shape index (κ2) is 12.3. The molecule has 0 bridgehead atoms. The number of nitrogens with zero attached hydrogens (tertiary/aromatic N) is 4. The second-order valence-electron chi connectivity index (χ2n) is 10.9. The van der Waals surface area contributed by atoms with Gasteiger partial charge >= 0.3 is 6.55 Å². The Morgan fingerprint density at radius 2 is 1.82 bits per heavy atom. The van der Waals surface area contributed by atoms with Crippen LogP contribution in [0.1, 0.15) is 68.5 Å². The molecule has 3 aromatic rings. The molecule has 1 unspecified atom stereocenters. The molecule has 39 heavy (non-hydrogen) atoms. The number of carbonyl (C=O) groups is 1. The van der Waals surface area contributed by atoms with E-state index in [1.54, 1.807) is 36.4 Å². The summed E-state index contributed by atoms with van der Waals surface area (Å²) >= 11 is 6.14. The number of aliphatic imine (C=N–C) groups is 1. The zero-order chi connectivity index (χ0) is 28.2. The van der Waals surface area contributed by atoms with Gasteiger partial charge in [0, 0.05) is 28.9 Å². The van der Waals surface area contributed by atoms with Crippen molar-refractivity contribution < 1.29 is 18.3 Å². The molecular formula is C29H34ClF2N5O2. The van der Waals surface area contributed by atoms with Crippen molar-refractivity contribution in [1.82, 2.24) is 14.7 Å². The number of ether oxygens (including phenoxy) is 1. The predicted molar refractivity (Wildman–Crippen MR) is 149 cm³/mol. The number of alkyl halides is 2. The van der Waals surface area contributed by atoms with E-state index in [4.69, 9.17) is 22.1 Å². The molecular weight excluding hydrogens is 524 g/mol. The quantitative estimate of drug-likeness (QED) is 0.222. The number of aromatic nitrogens is 2. The lowest BCUT2D eigenvalue weighted by molar-refractivity contribution is 0.0551. The molecule has 2 N–H and O–H groups in total. The van der Waals surface area contributed by atoms with Crippen LogP contribution in [0.15, 0.2) is 65.9 Å². The lowest BCUT2D eigenvalue weighted by atomic mass is 9.92. The summed E-state index contributed by atoms with van der Waals surface area (Å²) in [5.41, 5.74) is 8.94. The molecule has 1 atom stereocenters. The Morgan fingerprint density at radius 1 is 1.15 bits per heavy atom. The van der Waals surface area contributed by atoms with Crippen LogP contribution in [0.25, 0.3) is 11.1 Å². The lowest BCUT2D eigenvalue weighted by Crippen LogP contribution is -2.46. The Bertz CT molecular complexity index is 1280. The molecule has 4 rings (SSSR count). The van der Waals surface area contributed by atoms with Gasteiger partial charge in [0.1, 0.15) is 0 Å². The Kier molecular flexibility index (Phi) is 9.02. The highest BCUT2D eigenvalue weighted by Gasteiger charge is 2.32. The molecule has 1 aromatic heterocycles. The average Bonchev–Trinajstić information content (AvgIpc) is 3.58. The van der Waals surface area contributed by atoms with Crippen LogP contribution in [0.5, 0.6) is 0 Å². The first-order chi connectivity index (χ1) is 18.5. The first-order valence-electron chi connectivity index (χ1n) is 12.9. The lowest BCUT2D eigenvalue weighted by Gasteiger charge is -2.31. The molecule has 1 aliphatic rings. The van der Waals surface area contributed by atoms with E-state index in [9.17, 15) is 13.6 Å². The van der Waals surface area contributed by atoms with Gasteiger partial charge in [0.05, 0.1) is 24.9 Å². The third-order valence-electron chi connectivity index (χ3n) is 6.45. The molecule has 0 saturated heterocycles. The molecule has 1 aliphatic carbocycles. The normalized spacial score (nSPS) is 15.0. The van der Waals surface area contributed by atoms with E-state index in [0.29, 0.717) is 32.9 Å². The summed E-state index contributed by atoms with van der Waals surface area (Å²) in [6, 6.07) is 13.4. The highest BCUT2D eigenvalue weighted by molar-refractivity contribution is 6.30. The van der Waals surface area contributed by atoms with Gasteiger partial charge in [0.15, 0.2) is 5.96 Å². The van der Waals surface area contributed by atoms with E-state index < -0.39 is 12.6 Å². The van der Waals surface area contributed by atoms with Crippen molar-refractivity contribution in [1.29, 1.82) is 0 Å². The number of hydrogen-bond acceptors (Lipinski definition) is 4. The van der Waals surface area contributed by atoms with Crippen molar-refractivity contribution in [2.24, 2.45) is 16.1 Å². The molecule has 1 amide bonds. The standard InChI is InChI=1S/C29H34ClF2N5O2/c1-29(2,3)14-15-34-28(33)37(25(18-39-24-12-13-24)20-8-10-23(30)11-9-20)26(38)21-6-4-19(5-7-21)22-16-35-36(17-22)27(31)32/h4-11,16-17,24-25,27H,12-15,18H2,1-3H3,(H2,33,34). The van der Waals surface area contributed by atoms with Crippen LogP contribution in [-0.2, 0) is 4.74 Å². The summed E-state index contributed by atoms with van der Waals surface area (Å²) in [4.78, 5) is 20.1. The molecule has 1 fully saturated rings. The summed E-state index contributed by atoms with van der Waals surface area (Å²) in [6.45, 7) is 4.34. The number of amides is 1. The van der Waals surface area contributed by atoms with E-state index in [2.05, 4.69) is 30.9 Å². The minimum Gasteiger partial charge on any atom is -0.376 e. The monoisotopic (exact) mass is 557 g/mol. The molecule has 0 spiro atoms. The molecule has 0 aliphatic heterocycles. The van der Waals surface area contributed by atoms with Crippen LogP contribution in [-0.4, -0.2) is 45.8 Å². The van der Waals surface area contributed by atoms with Crippen molar-refractivity contribution in [3.63, 3.8) is 0 Å². The second-order valence-corrected chi connectivity index (χ2v) is 11.3. The highest BCUT2D eigenvalue weighted by atomic mass is 35.5. The van der Waals surface area contributed by atoms with E-state index in [0.717, 1.165) is 24.8 Å². The average molecular weight is 558 g/mol. The van der Waals surface area contributed by atoms with E-state index >= 15 is 0 Å². The number of carbonyl (C=O) groups excluding carboxylic acids is 1. The minimum atomic E-state index is -2.73. The van der Waals surface area contributed by atoms with Crippen LogP contribution in [0, 0.1) is 5.41 Å². The molecule has 10 heteroatoms. The molecule has 0 radical (unpaired) electrons. The maximum atomic E-state index is 14.0. The Labute approximate surface area is 232 Å². The van der Waals surface area contributed by atoms with Gasteiger partial charge in [-0.3, -0.25) is 14.7 Å². The minimum absolute atomic E-state index is 0.0528. The fourth-order valence-electron chi connectivity index (χ4n) is 3.99. The molecule has 1 heterocycles. The van der Waals surface area contributed by atoms with Gasteiger partial charge in [-0.05, 0) is 60.1 Å². The van der Waals surface area contributed by atoms with Crippen molar-refractivity contribution >= 4 is 23.5 Å². The van der Waals surface area contributed by atoms with Crippen molar-refractivity contribution in [2.45, 2.75) is 58.7 Å². The number of nitrogens with two attached hydrogens (primary N) is 1. The van der Waals surface area contributed by atoms with Crippen molar-refractivity contribution in [3.05, 3.63) is 77.1 Å². The van der Waals surface area contributed by atoms with Gasteiger partial charge < -0.3 is 10.5 Å². The van der Waals surface area contributed by atoms with Gasteiger partial charge in [-0.25, -0.2) is 4.68 Å². The predicted octanol–water partition coefficient (Wildman–Crippen LogP) is 6.71. The zero-order valence-electron chi connectivity index (χ0n) is 22.4. The summed E-state index contributed by atoms with van der Waals surface area (Å²) < 4.78 is 32.5. The maximum absolute atomic E-state index is 14.0. The maximum Gasteiger partial charge on any atom is 0.333 e. The first-order valence-corrected chi connectivity index (χ1v) is 13.3. The molecule has 7 nitrogen and oxygen atoms in total. The van der Waals surface area contributed by atoms with Gasteiger partial charge in [-0.1, -0.05) is 56.6 Å². The van der Waals surface area contributed by atoms with Crippen LogP contribution in [0.4, 0.5) is 8.78 Å². The first kappa shape index (κ1) is 28.7. The fourth-order valence-corrected chi connectivity index (χ4v) is 4.12. The number of guanidine groups is 1. The zero-order valence-corrected chi connectivity index (χ0v) is 23.1. The largest absolute Gasteiger partial charge is 0.376 e. The van der Waals surface area contributed by atoms with Crippen LogP contribution in [0.2, 0.25) is 5.02 Å². The van der Waals surface area contributed by atoms with E-state index in [-0.39, 0.29) is 30.0 Å². The van der Waals surface area contributed by atoms with Crippen LogP contribution < -0.4 is 5.73 Å². The van der Waals surface area contributed by atoms with Gasteiger partial charge in [-0.2, -0.15) is 13.9 Å². The van der Waals surface area contributed by atoms with Gasteiger partial charge in [0.2, 0.25) is 0 Å². The van der Waals surface area contributed by atoms with Crippen molar-refractivity contribution in [3.8, 4) is 11.1 Å². The Balaban J connectivity index is 1.66. The smallest absolute Gasteiger partial charge is 0.333 e. The fraction of sp³-hybridized carbons (Fsp3) is 0.414. The number of rotatable bonds is 10. The summed E-state index contributed by atoms with van der Waals surface area (Å²) in [5, 5.41) is 4.27. The van der Waals surface area contributed by atoms with Gasteiger partial charge in [0.25, 0.3) is 5.91 Å². The SMILES string of the molecule is CC(C)(C)CCN=C(N)N(C(=O)c1ccc(-c2cnn(C(F)F)c2)cc1)C(COC1CC1)c1ccc(Cl)cc1. The van der Waals surface area contributed by atoms with Crippen molar-refractivity contribution in [2.75, 3.05) is 13.2 Å². The summed E-state index contributed by atoms with van der Waals surface area (Å²) in [5.74, 6) is -0.243. The van der Waals surface area contributed by atoms with E-state index in [1.165, 1.54) is 17.3 Å².